The van der Waals surface area contributed by atoms with Crippen molar-refractivity contribution in [2.45, 2.75) is 0 Å². The van der Waals surface area contributed by atoms with Crippen LogP contribution in [-0.2, 0) is 10.4 Å². The highest BCUT2D eigenvalue weighted by Crippen LogP contribution is 2.31. The van der Waals surface area contributed by atoms with Gasteiger partial charge in [-0.25, -0.2) is 0 Å². The monoisotopic (exact) mass is 464 g/mol. The first-order valence-corrected chi connectivity index (χ1v) is 11.1. The molecule has 4 rings (SSSR count). The van der Waals surface area contributed by atoms with Crippen LogP contribution in [-0.4, -0.2) is 8.42 Å². The van der Waals surface area contributed by atoms with Crippen LogP contribution >= 0.6 is 0 Å². The van der Waals surface area contributed by atoms with Crippen molar-refractivity contribution in [1.29, 1.82) is 0 Å². The van der Waals surface area contributed by atoms with E-state index in [1.165, 1.54) is 47.5 Å². The van der Waals surface area contributed by atoms with Crippen molar-refractivity contribution in [2.75, 3.05) is 22.9 Å². The summed E-state index contributed by atoms with van der Waals surface area (Å²) < 4.78 is 33.2. The number of hydrogen-bond donors (Lipinski definition) is 4. The Kier molecular flexibility index (Phi) is 7.27. The molecule has 0 unspecified atom stereocenters. The summed E-state index contributed by atoms with van der Waals surface area (Å²) >= 11 is 0. The highest BCUT2D eigenvalue weighted by atomic mass is 32.3. The van der Waals surface area contributed by atoms with E-state index in [-0.39, 0.29) is 34.2 Å². The highest BCUT2D eigenvalue weighted by Gasteiger charge is 2.20. The molecule has 0 radical (unpaired) electrons. The minimum absolute atomic E-state index is 0.00905. The Labute approximate surface area is 192 Å². The number of benzene rings is 4. The minimum Gasteiger partial charge on any atom is -0.397 e. The quantitative estimate of drug-likeness (QED) is 0.322. The van der Waals surface area contributed by atoms with Gasteiger partial charge in [-0.15, -0.1) is 8.42 Å². The summed E-state index contributed by atoms with van der Waals surface area (Å²) in [5.41, 5.74) is 25.3. The molecule has 9 heteroatoms. The average Bonchev–Trinajstić information content (AvgIpc) is 2.81. The van der Waals surface area contributed by atoms with E-state index in [1.54, 1.807) is 0 Å². The fourth-order valence-corrected chi connectivity index (χ4v) is 3.53. The van der Waals surface area contributed by atoms with E-state index < -0.39 is 10.4 Å². The molecule has 0 saturated heterocycles. The second-order valence-corrected chi connectivity index (χ2v) is 7.97. The van der Waals surface area contributed by atoms with E-state index in [2.05, 4.69) is 48.5 Å². The minimum atomic E-state index is -4.44. The molecule has 0 saturated carbocycles. The molecule has 0 fully saturated rings. The summed E-state index contributed by atoms with van der Waals surface area (Å²) in [5.74, 6) is -0.282. The molecule has 0 atom stereocenters. The second-order valence-electron chi connectivity index (χ2n) is 6.83. The number of anilines is 4. The summed E-state index contributed by atoms with van der Waals surface area (Å²) in [6, 6.07) is 29.5. The van der Waals surface area contributed by atoms with E-state index in [1.807, 2.05) is 12.1 Å². The third-order valence-electron chi connectivity index (χ3n) is 4.46. The summed E-state index contributed by atoms with van der Waals surface area (Å²) in [5, 5.41) is 0. The Hall–Kier alpha value is -4.37. The van der Waals surface area contributed by atoms with Crippen LogP contribution in [0.2, 0.25) is 0 Å². The topological polar surface area (TPSA) is 157 Å². The van der Waals surface area contributed by atoms with Gasteiger partial charge in [0.05, 0.1) is 22.7 Å². The summed E-state index contributed by atoms with van der Waals surface area (Å²) in [6.45, 7) is 0. The van der Waals surface area contributed by atoms with Crippen molar-refractivity contribution in [1.82, 2.24) is 0 Å². The molecule has 0 aliphatic rings. The van der Waals surface area contributed by atoms with Crippen LogP contribution < -0.4 is 31.3 Å². The van der Waals surface area contributed by atoms with Gasteiger partial charge in [0.2, 0.25) is 0 Å². The number of rotatable bonds is 5. The standard InChI is InChI=1S/C12H14N4O4S.C12H10/c13-7-3-1-5-9(11(7)15)19-21(17,18)20-10-6-2-4-8(14)12(10)16;1-3-7-11(8-4-1)12-9-5-2-6-10-12/h1-6H,13-16H2;1-10H. The van der Waals surface area contributed by atoms with Gasteiger partial charge in [0.15, 0.2) is 11.5 Å². The molecule has 0 amide bonds. The van der Waals surface area contributed by atoms with Gasteiger partial charge in [0.1, 0.15) is 0 Å². The maximum atomic E-state index is 11.9. The molecule has 0 aliphatic heterocycles. The number of nitrogens with two attached hydrogens (primary N) is 4. The lowest BCUT2D eigenvalue weighted by molar-refractivity contribution is 0.394. The second kappa shape index (κ2) is 10.3. The SMILES string of the molecule is Nc1cccc(OS(=O)(=O)Oc2cccc(N)c2N)c1N.c1ccc(-c2ccccc2)cc1. The first-order chi connectivity index (χ1) is 15.8. The lowest BCUT2D eigenvalue weighted by Crippen LogP contribution is -2.18. The van der Waals surface area contributed by atoms with Crippen molar-refractivity contribution in [3.63, 3.8) is 0 Å². The van der Waals surface area contributed by atoms with Crippen molar-refractivity contribution < 1.29 is 16.8 Å². The van der Waals surface area contributed by atoms with E-state index in [0.29, 0.717) is 0 Å². The predicted octanol–water partition coefficient (Wildman–Crippen LogP) is 4.07. The van der Waals surface area contributed by atoms with Gasteiger partial charge in [0.25, 0.3) is 0 Å². The summed E-state index contributed by atoms with van der Waals surface area (Å²) in [6.07, 6.45) is 0. The molecular weight excluding hydrogens is 440 g/mol. The molecule has 8 N–H and O–H groups in total. The lowest BCUT2D eigenvalue weighted by Gasteiger charge is -2.12. The fourth-order valence-electron chi connectivity index (χ4n) is 2.77. The van der Waals surface area contributed by atoms with Crippen LogP contribution in [0.1, 0.15) is 0 Å². The first-order valence-electron chi connectivity index (χ1n) is 9.79. The molecule has 8 nitrogen and oxygen atoms in total. The molecule has 4 aromatic carbocycles. The number of hydrogen-bond acceptors (Lipinski definition) is 8. The van der Waals surface area contributed by atoms with E-state index >= 15 is 0 Å². The van der Waals surface area contributed by atoms with Crippen LogP contribution in [0, 0.1) is 0 Å². The van der Waals surface area contributed by atoms with Crippen LogP contribution in [0.5, 0.6) is 11.5 Å². The van der Waals surface area contributed by atoms with Crippen molar-refractivity contribution in [3.8, 4) is 22.6 Å². The van der Waals surface area contributed by atoms with Gasteiger partial charge >= 0.3 is 10.4 Å². The molecule has 0 bridgehead atoms. The Bertz CT molecular complexity index is 1220. The predicted molar refractivity (Wildman–Crippen MR) is 133 cm³/mol. The normalized spacial score (nSPS) is 10.5. The molecule has 33 heavy (non-hydrogen) atoms. The maximum Gasteiger partial charge on any atom is 0.501 e. The Balaban J connectivity index is 0.000000215. The maximum absolute atomic E-state index is 11.9. The Morgan fingerprint density at radius 3 is 1.21 bits per heavy atom. The van der Waals surface area contributed by atoms with Crippen molar-refractivity contribution in [3.05, 3.63) is 97.1 Å². The molecule has 0 spiro atoms. The Morgan fingerprint density at radius 1 is 0.485 bits per heavy atom. The van der Waals surface area contributed by atoms with Crippen LogP contribution in [0.25, 0.3) is 11.1 Å². The Morgan fingerprint density at radius 2 is 0.848 bits per heavy atom. The molecule has 0 aromatic heterocycles. The van der Waals surface area contributed by atoms with E-state index in [0.717, 1.165) is 0 Å². The molecule has 0 aliphatic carbocycles. The molecule has 170 valence electrons. The third-order valence-corrected chi connectivity index (χ3v) is 5.23. The van der Waals surface area contributed by atoms with Crippen LogP contribution in [0.15, 0.2) is 97.1 Å². The summed E-state index contributed by atoms with van der Waals surface area (Å²) in [7, 11) is -4.44. The first kappa shape index (κ1) is 23.3. The van der Waals surface area contributed by atoms with Gasteiger partial charge in [0, 0.05) is 0 Å². The third kappa shape index (κ3) is 6.31. The van der Waals surface area contributed by atoms with Crippen molar-refractivity contribution in [2.24, 2.45) is 0 Å². The molecule has 0 heterocycles. The van der Waals surface area contributed by atoms with Crippen LogP contribution in [0.3, 0.4) is 0 Å². The van der Waals surface area contributed by atoms with Crippen LogP contribution in [0.4, 0.5) is 22.7 Å². The van der Waals surface area contributed by atoms with Gasteiger partial charge in [-0.3, -0.25) is 0 Å². The number of para-hydroxylation sites is 2. The molecular formula is C24H24N4O4S. The smallest absolute Gasteiger partial charge is 0.397 e. The van der Waals surface area contributed by atoms with Gasteiger partial charge in [-0.2, -0.15) is 0 Å². The van der Waals surface area contributed by atoms with Crippen molar-refractivity contribution >= 4 is 33.1 Å². The average molecular weight is 465 g/mol. The van der Waals surface area contributed by atoms with E-state index in [9.17, 15) is 8.42 Å². The fraction of sp³-hybridized carbons (Fsp3) is 0. The highest BCUT2D eigenvalue weighted by molar-refractivity contribution is 7.82. The van der Waals surface area contributed by atoms with E-state index in [4.69, 9.17) is 31.3 Å². The van der Waals surface area contributed by atoms with Gasteiger partial charge in [-0.05, 0) is 35.4 Å². The largest absolute Gasteiger partial charge is 0.501 e. The zero-order chi connectivity index (χ0) is 23.8. The number of nitrogen functional groups attached to an aromatic ring is 4. The zero-order valence-electron chi connectivity index (χ0n) is 17.6. The zero-order valence-corrected chi connectivity index (χ0v) is 18.4. The van der Waals surface area contributed by atoms with Gasteiger partial charge in [-0.1, -0.05) is 72.8 Å². The lowest BCUT2D eigenvalue weighted by atomic mass is 10.1. The summed E-state index contributed by atoms with van der Waals surface area (Å²) in [4.78, 5) is 0. The van der Waals surface area contributed by atoms with Gasteiger partial charge < -0.3 is 31.3 Å². The molecule has 4 aromatic rings.